The summed E-state index contributed by atoms with van der Waals surface area (Å²) in [6.07, 6.45) is 0. The molecule has 0 aliphatic carbocycles. The average molecular weight is 368 g/mol. The van der Waals surface area contributed by atoms with E-state index in [9.17, 15) is 9.18 Å². The number of halogens is 1. The molecule has 140 valence electrons. The smallest absolute Gasteiger partial charge is 0.264 e. The minimum Gasteiger partial charge on any atom is -0.484 e. The Kier molecular flexibility index (Phi) is 5.21. The van der Waals surface area contributed by atoms with Gasteiger partial charge in [0.05, 0.1) is 0 Å². The fraction of sp³-hybridized carbons (Fsp3) is 0.250. The lowest BCUT2D eigenvalue weighted by atomic mass is 9.87. The first kappa shape index (κ1) is 18.6. The van der Waals surface area contributed by atoms with Gasteiger partial charge in [-0.1, -0.05) is 51.1 Å². The number of carbonyl (C=O) groups excluding carboxylic acids is 1. The van der Waals surface area contributed by atoms with Crippen molar-refractivity contribution in [2.24, 2.45) is 0 Å². The van der Waals surface area contributed by atoms with E-state index in [0.717, 1.165) is 5.56 Å². The predicted molar refractivity (Wildman–Crippen MR) is 101 cm³/mol. The molecule has 1 amide bonds. The van der Waals surface area contributed by atoms with E-state index in [4.69, 9.17) is 4.74 Å². The van der Waals surface area contributed by atoms with Gasteiger partial charge >= 0.3 is 0 Å². The standard InChI is InChI=1S/C20H21FN4O2/c1-20(2,3)14-9-7-13(8-10-14)18-23-19(25-24-18)22-17(26)12-27-16-6-4-5-15(21)11-16/h4-11H,12H2,1-3H3,(H2,22,23,24,25,26). The molecule has 0 aliphatic heterocycles. The van der Waals surface area contributed by atoms with E-state index in [1.54, 1.807) is 6.07 Å². The number of H-pyrrole nitrogens is 1. The largest absolute Gasteiger partial charge is 0.484 e. The van der Waals surface area contributed by atoms with E-state index in [0.29, 0.717) is 5.82 Å². The third-order valence-electron chi connectivity index (χ3n) is 3.93. The molecule has 0 saturated heterocycles. The summed E-state index contributed by atoms with van der Waals surface area (Å²) < 4.78 is 18.3. The maximum Gasteiger partial charge on any atom is 0.264 e. The van der Waals surface area contributed by atoms with Crippen LogP contribution in [0.2, 0.25) is 0 Å². The number of nitrogens with zero attached hydrogens (tertiary/aromatic N) is 2. The van der Waals surface area contributed by atoms with Crippen molar-refractivity contribution >= 4 is 11.9 Å². The number of aromatic amines is 1. The number of benzene rings is 2. The summed E-state index contributed by atoms with van der Waals surface area (Å²) in [4.78, 5) is 16.2. The number of rotatable bonds is 5. The first-order valence-corrected chi connectivity index (χ1v) is 8.53. The van der Waals surface area contributed by atoms with Crippen LogP contribution >= 0.6 is 0 Å². The minimum absolute atomic E-state index is 0.0702. The Morgan fingerprint density at radius 3 is 2.59 bits per heavy atom. The zero-order valence-electron chi connectivity index (χ0n) is 15.4. The molecule has 0 spiro atoms. The molecule has 2 aromatic carbocycles. The van der Waals surface area contributed by atoms with Crippen molar-refractivity contribution < 1.29 is 13.9 Å². The fourth-order valence-electron chi connectivity index (χ4n) is 2.44. The van der Waals surface area contributed by atoms with E-state index in [2.05, 4.69) is 41.3 Å². The molecule has 27 heavy (non-hydrogen) atoms. The van der Waals surface area contributed by atoms with E-state index in [-0.39, 0.29) is 23.7 Å². The molecular formula is C20H21FN4O2. The second-order valence-corrected chi connectivity index (χ2v) is 7.13. The van der Waals surface area contributed by atoms with Gasteiger partial charge in [0.2, 0.25) is 5.95 Å². The number of hydrogen-bond acceptors (Lipinski definition) is 4. The van der Waals surface area contributed by atoms with Crippen molar-refractivity contribution in [2.75, 3.05) is 11.9 Å². The predicted octanol–water partition coefficient (Wildman–Crippen LogP) is 3.93. The molecule has 7 heteroatoms. The van der Waals surface area contributed by atoms with Crippen molar-refractivity contribution in [2.45, 2.75) is 26.2 Å². The highest BCUT2D eigenvalue weighted by molar-refractivity contribution is 5.90. The van der Waals surface area contributed by atoms with Gasteiger partial charge in [0.15, 0.2) is 12.4 Å². The topological polar surface area (TPSA) is 79.9 Å². The Morgan fingerprint density at radius 1 is 1.19 bits per heavy atom. The molecule has 0 atom stereocenters. The van der Waals surface area contributed by atoms with Crippen molar-refractivity contribution in [3.63, 3.8) is 0 Å². The van der Waals surface area contributed by atoms with Crippen molar-refractivity contribution in [3.05, 3.63) is 59.9 Å². The Bertz CT molecular complexity index is 930. The van der Waals surface area contributed by atoms with Crippen molar-refractivity contribution in [3.8, 4) is 17.1 Å². The normalized spacial score (nSPS) is 11.3. The Labute approximate surface area is 156 Å². The molecule has 0 radical (unpaired) electrons. The molecule has 0 bridgehead atoms. The van der Waals surface area contributed by atoms with Crippen molar-refractivity contribution in [1.82, 2.24) is 15.2 Å². The summed E-state index contributed by atoms with van der Waals surface area (Å²) in [5, 5.41) is 9.33. The third kappa shape index (κ3) is 4.91. The quantitative estimate of drug-likeness (QED) is 0.715. The minimum atomic E-state index is -0.437. The highest BCUT2D eigenvalue weighted by atomic mass is 19.1. The number of carbonyl (C=O) groups is 1. The molecule has 1 heterocycles. The van der Waals surface area contributed by atoms with Gasteiger partial charge < -0.3 is 4.74 Å². The summed E-state index contributed by atoms with van der Waals surface area (Å²) in [6, 6.07) is 13.6. The molecular weight excluding hydrogens is 347 g/mol. The van der Waals surface area contributed by atoms with Crippen LogP contribution in [0.1, 0.15) is 26.3 Å². The van der Waals surface area contributed by atoms with Crippen LogP contribution in [0.5, 0.6) is 5.75 Å². The van der Waals surface area contributed by atoms with Gasteiger partial charge in [-0.25, -0.2) is 4.39 Å². The maximum absolute atomic E-state index is 13.1. The first-order valence-electron chi connectivity index (χ1n) is 8.53. The van der Waals surface area contributed by atoms with Crippen LogP contribution < -0.4 is 10.1 Å². The van der Waals surface area contributed by atoms with Gasteiger partial charge in [-0.05, 0) is 23.1 Å². The van der Waals surface area contributed by atoms with E-state index >= 15 is 0 Å². The molecule has 0 fully saturated rings. The summed E-state index contributed by atoms with van der Waals surface area (Å²) in [6.45, 7) is 6.18. The van der Waals surface area contributed by atoms with E-state index < -0.39 is 11.7 Å². The molecule has 1 aromatic heterocycles. The number of ether oxygens (including phenoxy) is 1. The molecule has 6 nitrogen and oxygen atoms in total. The zero-order chi connectivity index (χ0) is 19.4. The monoisotopic (exact) mass is 368 g/mol. The average Bonchev–Trinajstić information content (AvgIpc) is 3.08. The molecule has 0 saturated carbocycles. The number of amides is 1. The highest BCUT2D eigenvalue weighted by Gasteiger charge is 2.14. The Morgan fingerprint density at radius 2 is 1.93 bits per heavy atom. The van der Waals surface area contributed by atoms with Crippen LogP contribution in [-0.2, 0) is 10.2 Å². The van der Waals surface area contributed by atoms with Gasteiger partial charge in [0, 0.05) is 11.6 Å². The van der Waals surface area contributed by atoms with Crippen LogP contribution in [0.4, 0.5) is 10.3 Å². The van der Waals surface area contributed by atoms with Gasteiger partial charge in [-0.2, -0.15) is 4.98 Å². The summed E-state index contributed by atoms with van der Waals surface area (Å²) in [5.74, 6) is 0.117. The summed E-state index contributed by atoms with van der Waals surface area (Å²) in [5.41, 5.74) is 2.15. The highest BCUT2D eigenvalue weighted by Crippen LogP contribution is 2.25. The fourth-order valence-corrected chi connectivity index (χ4v) is 2.44. The lowest BCUT2D eigenvalue weighted by molar-refractivity contribution is -0.118. The van der Waals surface area contributed by atoms with Gasteiger partial charge in [-0.3, -0.25) is 15.2 Å². The van der Waals surface area contributed by atoms with Crippen LogP contribution in [-0.4, -0.2) is 27.7 Å². The number of aromatic nitrogens is 3. The van der Waals surface area contributed by atoms with Gasteiger partial charge in [0.25, 0.3) is 5.91 Å². The first-order chi connectivity index (χ1) is 12.8. The van der Waals surface area contributed by atoms with Crippen LogP contribution in [0.15, 0.2) is 48.5 Å². The number of anilines is 1. The number of hydrogen-bond donors (Lipinski definition) is 2. The molecule has 2 N–H and O–H groups in total. The molecule has 0 aliphatic rings. The lowest BCUT2D eigenvalue weighted by Gasteiger charge is -2.18. The third-order valence-corrected chi connectivity index (χ3v) is 3.93. The molecule has 3 rings (SSSR count). The lowest BCUT2D eigenvalue weighted by Crippen LogP contribution is -2.20. The van der Waals surface area contributed by atoms with Crippen LogP contribution in [0.3, 0.4) is 0 Å². The van der Waals surface area contributed by atoms with E-state index in [1.165, 1.54) is 23.8 Å². The molecule has 3 aromatic rings. The van der Waals surface area contributed by atoms with Crippen LogP contribution in [0.25, 0.3) is 11.4 Å². The number of nitrogens with one attached hydrogen (secondary N) is 2. The zero-order valence-corrected chi connectivity index (χ0v) is 15.4. The SMILES string of the molecule is CC(C)(C)c1ccc(-c2nc(NC(=O)COc3cccc(F)c3)n[nH]2)cc1. The van der Waals surface area contributed by atoms with Gasteiger partial charge in [0.1, 0.15) is 11.6 Å². The van der Waals surface area contributed by atoms with Crippen LogP contribution in [0, 0.1) is 5.82 Å². The second kappa shape index (κ2) is 7.57. The molecule has 0 unspecified atom stereocenters. The van der Waals surface area contributed by atoms with E-state index in [1.807, 2.05) is 24.3 Å². The van der Waals surface area contributed by atoms with Crippen molar-refractivity contribution in [1.29, 1.82) is 0 Å². The van der Waals surface area contributed by atoms with Gasteiger partial charge in [-0.15, -0.1) is 5.10 Å². The summed E-state index contributed by atoms with van der Waals surface area (Å²) >= 11 is 0. The second-order valence-electron chi connectivity index (χ2n) is 7.13. The Balaban J connectivity index is 1.59. The summed E-state index contributed by atoms with van der Waals surface area (Å²) in [7, 11) is 0. The Hall–Kier alpha value is -3.22. The maximum atomic E-state index is 13.1.